The Morgan fingerprint density at radius 3 is 2.80 bits per heavy atom. The fourth-order valence-electron chi connectivity index (χ4n) is 2.42. The van der Waals surface area contributed by atoms with Crippen molar-refractivity contribution in [1.82, 2.24) is 0 Å². The average molecular weight is 279 g/mol. The number of phenols is 1. The number of rotatable bonds is 6. The Bertz CT molecular complexity index is 487. The van der Waals surface area contributed by atoms with Gasteiger partial charge in [-0.3, -0.25) is 4.79 Å². The molecule has 0 saturated heterocycles. The van der Waals surface area contributed by atoms with Crippen LogP contribution < -0.4 is 10.5 Å². The molecule has 1 unspecified atom stereocenters. The lowest BCUT2D eigenvalue weighted by Gasteiger charge is -2.10. The van der Waals surface area contributed by atoms with E-state index in [0.717, 1.165) is 24.0 Å². The van der Waals surface area contributed by atoms with E-state index >= 15 is 0 Å². The predicted octanol–water partition coefficient (Wildman–Crippen LogP) is 1.54. The summed E-state index contributed by atoms with van der Waals surface area (Å²) in [6.45, 7) is 2.55. The summed E-state index contributed by atoms with van der Waals surface area (Å²) in [6.07, 6.45) is 2.50. The number of esters is 1. The molecular weight excluding hydrogens is 258 g/mol. The molecule has 1 atom stereocenters. The molecule has 0 fully saturated rings. The normalized spacial score (nSPS) is 16.8. The summed E-state index contributed by atoms with van der Waals surface area (Å²) in [5.74, 6) is 0.371. The highest BCUT2D eigenvalue weighted by molar-refractivity contribution is 5.69. The average Bonchev–Trinajstić information content (AvgIpc) is 2.74. The Morgan fingerprint density at radius 1 is 1.40 bits per heavy atom. The number of hydrogen-bond donors (Lipinski definition) is 2. The Balaban J connectivity index is 1.85. The third-order valence-corrected chi connectivity index (χ3v) is 3.33. The first-order valence-electron chi connectivity index (χ1n) is 6.99. The molecule has 1 aromatic rings. The number of ether oxygens (including phenoxy) is 2. The number of fused-ring (bicyclic) bond motifs is 1. The van der Waals surface area contributed by atoms with Crippen molar-refractivity contribution in [3.05, 3.63) is 23.3 Å². The highest BCUT2D eigenvalue weighted by Gasteiger charge is 2.20. The van der Waals surface area contributed by atoms with E-state index in [9.17, 15) is 9.90 Å². The topological polar surface area (TPSA) is 81.8 Å². The smallest absolute Gasteiger partial charge is 0.305 e. The second kappa shape index (κ2) is 6.61. The Morgan fingerprint density at radius 2 is 2.10 bits per heavy atom. The van der Waals surface area contributed by atoms with Crippen LogP contribution in [0.5, 0.6) is 11.5 Å². The van der Waals surface area contributed by atoms with Gasteiger partial charge >= 0.3 is 5.97 Å². The van der Waals surface area contributed by atoms with Crippen molar-refractivity contribution in [1.29, 1.82) is 0 Å². The van der Waals surface area contributed by atoms with Crippen LogP contribution in [0.25, 0.3) is 0 Å². The maximum absolute atomic E-state index is 11.2. The monoisotopic (exact) mass is 279 g/mol. The zero-order valence-electron chi connectivity index (χ0n) is 11.7. The molecule has 0 bridgehead atoms. The van der Waals surface area contributed by atoms with Gasteiger partial charge in [-0.15, -0.1) is 0 Å². The van der Waals surface area contributed by atoms with Crippen molar-refractivity contribution in [3.8, 4) is 11.5 Å². The number of hydrogen-bond acceptors (Lipinski definition) is 5. The first kappa shape index (κ1) is 14.7. The van der Waals surface area contributed by atoms with Gasteiger partial charge in [0.05, 0.1) is 13.2 Å². The lowest BCUT2D eigenvalue weighted by atomic mass is 10.1. The van der Waals surface area contributed by atoms with E-state index < -0.39 is 0 Å². The van der Waals surface area contributed by atoms with Gasteiger partial charge in [-0.1, -0.05) is 0 Å². The molecule has 1 aliphatic carbocycles. The van der Waals surface area contributed by atoms with Gasteiger partial charge in [0.15, 0.2) is 11.5 Å². The maximum atomic E-state index is 11.2. The van der Waals surface area contributed by atoms with Crippen LogP contribution in [-0.2, 0) is 22.4 Å². The molecule has 1 aromatic carbocycles. The Hall–Kier alpha value is -1.75. The maximum Gasteiger partial charge on any atom is 0.305 e. The molecule has 20 heavy (non-hydrogen) atoms. The number of benzene rings is 1. The van der Waals surface area contributed by atoms with Crippen LogP contribution in [0.4, 0.5) is 0 Å². The SMILES string of the molecule is CCOC(=O)CCCOc1cc2c(cc1O)CC(N)C2. The molecule has 1 aliphatic rings. The highest BCUT2D eigenvalue weighted by atomic mass is 16.5. The van der Waals surface area contributed by atoms with Crippen molar-refractivity contribution in [3.63, 3.8) is 0 Å². The molecule has 0 amide bonds. The Labute approximate surface area is 118 Å². The summed E-state index contributed by atoms with van der Waals surface area (Å²) in [5.41, 5.74) is 8.12. The molecule has 3 N–H and O–H groups in total. The molecule has 5 nitrogen and oxygen atoms in total. The van der Waals surface area contributed by atoms with Gasteiger partial charge in [0.25, 0.3) is 0 Å². The lowest BCUT2D eigenvalue weighted by Crippen LogP contribution is -2.18. The second-order valence-corrected chi connectivity index (χ2v) is 5.01. The van der Waals surface area contributed by atoms with Crippen molar-refractivity contribution in [2.24, 2.45) is 5.73 Å². The summed E-state index contributed by atoms with van der Waals surface area (Å²) in [4.78, 5) is 11.2. The molecule has 110 valence electrons. The second-order valence-electron chi connectivity index (χ2n) is 5.01. The van der Waals surface area contributed by atoms with Crippen LogP contribution in [0.1, 0.15) is 30.9 Å². The number of nitrogens with two attached hydrogens (primary N) is 1. The molecular formula is C15H21NO4. The van der Waals surface area contributed by atoms with Gasteiger partial charge in [-0.25, -0.2) is 0 Å². The fourth-order valence-corrected chi connectivity index (χ4v) is 2.42. The molecule has 0 heterocycles. The molecule has 0 aliphatic heterocycles. The van der Waals surface area contributed by atoms with Crippen LogP contribution in [-0.4, -0.2) is 30.3 Å². The minimum Gasteiger partial charge on any atom is -0.504 e. The summed E-state index contributed by atoms with van der Waals surface area (Å²) in [6, 6.07) is 3.70. The highest BCUT2D eigenvalue weighted by Crippen LogP contribution is 2.34. The third kappa shape index (κ3) is 3.63. The van der Waals surface area contributed by atoms with E-state index in [2.05, 4.69) is 0 Å². The van der Waals surface area contributed by atoms with E-state index in [-0.39, 0.29) is 17.8 Å². The first-order valence-corrected chi connectivity index (χ1v) is 6.99. The molecule has 5 heteroatoms. The van der Waals surface area contributed by atoms with Crippen molar-refractivity contribution >= 4 is 5.97 Å². The van der Waals surface area contributed by atoms with Crippen molar-refractivity contribution in [2.75, 3.05) is 13.2 Å². The number of phenolic OH excluding ortho intramolecular Hbond substituents is 1. The predicted molar refractivity (Wildman–Crippen MR) is 74.9 cm³/mol. The Kier molecular flexibility index (Phi) is 4.84. The quantitative estimate of drug-likeness (QED) is 0.610. The number of carbonyl (C=O) groups excluding carboxylic acids is 1. The van der Waals surface area contributed by atoms with Crippen molar-refractivity contribution in [2.45, 2.75) is 38.6 Å². The minimum absolute atomic E-state index is 0.128. The summed E-state index contributed by atoms with van der Waals surface area (Å²) < 4.78 is 10.4. The largest absolute Gasteiger partial charge is 0.504 e. The molecule has 2 rings (SSSR count). The van der Waals surface area contributed by atoms with E-state index in [1.165, 1.54) is 0 Å². The van der Waals surface area contributed by atoms with Crippen LogP contribution >= 0.6 is 0 Å². The van der Waals surface area contributed by atoms with E-state index in [4.69, 9.17) is 15.2 Å². The molecule has 0 saturated carbocycles. The fraction of sp³-hybridized carbons (Fsp3) is 0.533. The number of aromatic hydroxyl groups is 1. The van der Waals surface area contributed by atoms with Crippen LogP contribution in [0.2, 0.25) is 0 Å². The van der Waals surface area contributed by atoms with Gasteiger partial charge in [0, 0.05) is 12.5 Å². The zero-order valence-corrected chi connectivity index (χ0v) is 11.7. The van der Waals surface area contributed by atoms with E-state index in [1.807, 2.05) is 6.07 Å². The van der Waals surface area contributed by atoms with Gasteiger partial charge in [-0.05, 0) is 49.4 Å². The summed E-state index contributed by atoms with van der Waals surface area (Å²) >= 11 is 0. The molecule has 0 radical (unpaired) electrons. The van der Waals surface area contributed by atoms with Gasteiger partial charge in [0.2, 0.25) is 0 Å². The van der Waals surface area contributed by atoms with E-state index in [0.29, 0.717) is 31.8 Å². The number of carbonyl (C=O) groups is 1. The molecule has 0 aromatic heterocycles. The minimum atomic E-state index is -0.222. The zero-order chi connectivity index (χ0) is 14.5. The standard InChI is InChI=1S/C15H21NO4/c1-2-19-15(18)4-3-5-20-14-9-11-7-12(16)6-10(11)8-13(14)17/h8-9,12,17H,2-7,16H2,1H3. The van der Waals surface area contributed by atoms with Gasteiger partial charge in [0.1, 0.15) is 0 Å². The van der Waals surface area contributed by atoms with Gasteiger partial charge in [-0.2, -0.15) is 0 Å². The van der Waals surface area contributed by atoms with Gasteiger partial charge < -0.3 is 20.3 Å². The first-order chi connectivity index (χ1) is 9.60. The lowest BCUT2D eigenvalue weighted by molar-refractivity contribution is -0.143. The van der Waals surface area contributed by atoms with E-state index in [1.54, 1.807) is 13.0 Å². The third-order valence-electron chi connectivity index (χ3n) is 3.33. The van der Waals surface area contributed by atoms with Crippen molar-refractivity contribution < 1.29 is 19.4 Å². The summed E-state index contributed by atoms with van der Waals surface area (Å²) in [7, 11) is 0. The van der Waals surface area contributed by atoms with Crippen LogP contribution in [0, 0.1) is 0 Å². The van der Waals surface area contributed by atoms with Crippen LogP contribution in [0.15, 0.2) is 12.1 Å². The van der Waals surface area contributed by atoms with Crippen LogP contribution in [0.3, 0.4) is 0 Å². The summed E-state index contributed by atoms with van der Waals surface area (Å²) in [5, 5.41) is 9.90. The molecule has 0 spiro atoms.